The molecule has 0 aliphatic carbocycles. The van der Waals surface area contributed by atoms with Gasteiger partial charge < -0.3 is 10.4 Å². The van der Waals surface area contributed by atoms with Crippen LogP contribution in [0.2, 0.25) is 0 Å². The lowest BCUT2D eigenvalue weighted by Gasteiger charge is -2.24. The number of nitrogens with zero attached hydrogens (tertiary/aromatic N) is 2. The first-order valence-corrected chi connectivity index (χ1v) is 5.34. The van der Waals surface area contributed by atoms with Crippen molar-refractivity contribution >= 4 is 11.9 Å². The fourth-order valence-electron chi connectivity index (χ4n) is 1.50. The third kappa shape index (κ3) is 4.36. The monoisotopic (exact) mass is 253 g/mol. The Balaban J connectivity index is 2.65. The number of hydrogen-bond acceptors (Lipinski definition) is 4. The first kappa shape index (κ1) is 13.9. The highest BCUT2D eigenvalue weighted by atomic mass is 16.4. The van der Waals surface area contributed by atoms with Gasteiger partial charge in [0.05, 0.1) is 6.42 Å². The number of carbonyl (C=O) groups excluding carboxylic acids is 1. The van der Waals surface area contributed by atoms with Crippen molar-refractivity contribution in [3.8, 4) is 0 Å². The van der Waals surface area contributed by atoms with Crippen LogP contribution >= 0.6 is 0 Å². The maximum atomic E-state index is 11.7. The number of aliphatic carboxylic acids is 1. The molecule has 1 rings (SSSR count). The van der Waals surface area contributed by atoms with Gasteiger partial charge in [-0.05, 0) is 19.9 Å². The third-order valence-corrected chi connectivity index (χ3v) is 2.17. The van der Waals surface area contributed by atoms with E-state index < -0.39 is 23.1 Å². The first-order valence-electron chi connectivity index (χ1n) is 5.34. The molecule has 7 heteroatoms. The van der Waals surface area contributed by atoms with Crippen LogP contribution in [0.3, 0.4) is 0 Å². The van der Waals surface area contributed by atoms with Crippen LogP contribution < -0.4 is 11.0 Å². The number of hydrogen-bond donors (Lipinski definition) is 2. The Morgan fingerprint density at radius 2 is 2.17 bits per heavy atom. The van der Waals surface area contributed by atoms with Crippen molar-refractivity contribution in [2.45, 2.75) is 32.4 Å². The summed E-state index contributed by atoms with van der Waals surface area (Å²) in [6, 6.07) is 1.54. The van der Waals surface area contributed by atoms with Crippen molar-refractivity contribution < 1.29 is 14.7 Å². The Labute approximate surface area is 103 Å². The number of nitrogens with one attached hydrogen (secondary N) is 1. The summed E-state index contributed by atoms with van der Waals surface area (Å²) >= 11 is 0. The molecule has 1 amide bonds. The second kappa shape index (κ2) is 5.44. The largest absolute Gasteiger partial charge is 0.481 e. The average molecular weight is 253 g/mol. The van der Waals surface area contributed by atoms with Crippen molar-refractivity contribution in [3.63, 3.8) is 0 Å². The lowest BCUT2D eigenvalue weighted by Crippen LogP contribution is -2.47. The molecule has 0 fully saturated rings. The second-order valence-electron chi connectivity index (χ2n) is 4.53. The van der Waals surface area contributed by atoms with Gasteiger partial charge >= 0.3 is 11.7 Å². The van der Waals surface area contributed by atoms with Crippen LogP contribution in [0.4, 0.5) is 0 Å². The van der Waals surface area contributed by atoms with Crippen LogP contribution in [0.25, 0.3) is 0 Å². The minimum Gasteiger partial charge on any atom is -0.481 e. The molecule has 1 aromatic heterocycles. The molecule has 0 aliphatic rings. The Hall–Kier alpha value is -2.18. The number of carbonyl (C=O) groups is 2. The van der Waals surface area contributed by atoms with Crippen LogP contribution in [0.15, 0.2) is 23.3 Å². The minimum atomic E-state index is -1.00. The van der Waals surface area contributed by atoms with Gasteiger partial charge in [0.2, 0.25) is 5.91 Å². The fourth-order valence-corrected chi connectivity index (χ4v) is 1.50. The second-order valence-corrected chi connectivity index (χ2v) is 4.53. The molecule has 0 radical (unpaired) electrons. The van der Waals surface area contributed by atoms with Crippen molar-refractivity contribution in [2.24, 2.45) is 0 Å². The number of carboxylic acid groups (broad SMARTS) is 1. The molecule has 1 heterocycles. The Bertz CT molecular complexity index is 507. The molecule has 1 aromatic rings. The van der Waals surface area contributed by atoms with Crippen LogP contribution in [0.1, 0.15) is 20.3 Å². The molecule has 7 nitrogen and oxygen atoms in total. The smallest absolute Gasteiger partial charge is 0.347 e. The molecule has 18 heavy (non-hydrogen) atoms. The normalized spacial score (nSPS) is 11.0. The van der Waals surface area contributed by atoms with Crippen molar-refractivity contribution in [1.82, 2.24) is 14.9 Å². The summed E-state index contributed by atoms with van der Waals surface area (Å²) in [4.78, 5) is 37.0. The Morgan fingerprint density at radius 3 is 2.72 bits per heavy atom. The Morgan fingerprint density at radius 1 is 1.50 bits per heavy atom. The van der Waals surface area contributed by atoms with E-state index in [1.54, 1.807) is 13.8 Å². The van der Waals surface area contributed by atoms with E-state index >= 15 is 0 Å². The molecule has 0 bridgehead atoms. The van der Waals surface area contributed by atoms with Gasteiger partial charge in [-0.3, -0.25) is 14.2 Å². The SMILES string of the molecule is CC(C)(CC(=O)O)NC(=O)Cn1cccnc1=O. The molecular formula is C11H15N3O4. The summed E-state index contributed by atoms with van der Waals surface area (Å²) in [7, 11) is 0. The van der Waals surface area contributed by atoms with Crippen LogP contribution in [0.5, 0.6) is 0 Å². The molecule has 0 atom stereocenters. The molecule has 0 aliphatic heterocycles. The summed E-state index contributed by atoms with van der Waals surface area (Å²) < 4.78 is 1.15. The quantitative estimate of drug-likeness (QED) is 0.744. The maximum absolute atomic E-state index is 11.7. The van der Waals surface area contributed by atoms with Crippen molar-refractivity contribution in [3.05, 3.63) is 28.9 Å². The maximum Gasteiger partial charge on any atom is 0.347 e. The molecule has 0 unspecified atom stereocenters. The van der Waals surface area contributed by atoms with E-state index in [-0.39, 0.29) is 13.0 Å². The highest BCUT2D eigenvalue weighted by molar-refractivity contribution is 5.78. The summed E-state index contributed by atoms with van der Waals surface area (Å²) in [6.45, 7) is 3.02. The fraction of sp³-hybridized carbons (Fsp3) is 0.455. The van der Waals surface area contributed by atoms with E-state index in [2.05, 4.69) is 10.3 Å². The van der Waals surface area contributed by atoms with E-state index in [4.69, 9.17) is 5.11 Å². The lowest BCUT2D eigenvalue weighted by atomic mass is 10.0. The van der Waals surface area contributed by atoms with E-state index in [9.17, 15) is 14.4 Å². The number of rotatable bonds is 5. The van der Waals surface area contributed by atoms with Crippen LogP contribution in [-0.2, 0) is 16.1 Å². The lowest BCUT2D eigenvalue weighted by molar-refractivity contribution is -0.138. The van der Waals surface area contributed by atoms with Gasteiger partial charge in [-0.2, -0.15) is 0 Å². The zero-order chi connectivity index (χ0) is 13.8. The molecule has 98 valence electrons. The third-order valence-electron chi connectivity index (χ3n) is 2.17. The summed E-state index contributed by atoms with van der Waals surface area (Å²) in [5.74, 6) is -1.44. The van der Waals surface area contributed by atoms with Crippen molar-refractivity contribution in [1.29, 1.82) is 0 Å². The molecule has 0 spiro atoms. The first-order chi connectivity index (χ1) is 8.30. The van der Waals surface area contributed by atoms with Gasteiger partial charge in [0.15, 0.2) is 0 Å². The number of amides is 1. The van der Waals surface area contributed by atoms with Gasteiger partial charge in [-0.15, -0.1) is 0 Å². The van der Waals surface area contributed by atoms with Gasteiger partial charge in [-0.25, -0.2) is 9.78 Å². The van der Waals surface area contributed by atoms with E-state index in [1.807, 2.05) is 0 Å². The predicted molar refractivity (Wildman–Crippen MR) is 63.0 cm³/mol. The van der Waals surface area contributed by atoms with Crippen LogP contribution in [0, 0.1) is 0 Å². The Kier molecular flexibility index (Phi) is 4.19. The van der Waals surface area contributed by atoms with Crippen LogP contribution in [-0.4, -0.2) is 32.1 Å². The number of aromatic nitrogens is 2. The van der Waals surface area contributed by atoms with Gasteiger partial charge in [0.25, 0.3) is 0 Å². The molecule has 0 aromatic carbocycles. The summed E-state index contributed by atoms with van der Waals surface area (Å²) in [5.41, 5.74) is -1.39. The highest BCUT2D eigenvalue weighted by Crippen LogP contribution is 2.07. The van der Waals surface area contributed by atoms with Gasteiger partial charge in [-0.1, -0.05) is 0 Å². The molecular weight excluding hydrogens is 238 g/mol. The van der Waals surface area contributed by atoms with Crippen molar-refractivity contribution in [2.75, 3.05) is 0 Å². The summed E-state index contributed by atoms with van der Waals surface area (Å²) in [6.07, 6.45) is 2.59. The highest BCUT2D eigenvalue weighted by Gasteiger charge is 2.23. The molecule has 2 N–H and O–H groups in total. The van der Waals surface area contributed by atoms with E-state index in [0.29, 0.717) is 0 Å². The number of carboxylic acids is 1. The summed E-state index contributed by atoms with van der Waals surface area (Å²) in [5, 5.41) is 11.2. The van der Waals surface area contributed by atoms with Gasteiger partial charge in [0, 0.05) is 17.9 Å². The average Bonchev–Trinajstić information content (AvgIpc) is 2.18. The topological polar surface area (TPSA) is 101 Å². The van der Waals surface area contributed by atoms with E-state index in [0.717, 1.165) is 4.57 Å². The predicted octanol–water partition coefficient (Wildman–Crippen LogP) is -0.387. The van der Waals surface area contributed by atoms with Gasteiger partial charge in [0.1, 0.15) is 6.54 Å². The zero-order valence-electron chi connectivity index (χ0n) is 10.2. The van der Waals surface area contributed by atoms with E-state index in [1.165, 1.54) is 18.5 Å². The zero-order valence-corrected chi connectivity index (χ0v) is 10.2. The molecule has 0 saturated heterocycles. The minimum absolute atomic E-state index is 0.185. The molecule has 0 saturated carbocycles. The standard InChI is InChI=1S/C11H15N3O4/c1-11(2,6-9(16)17)13-8(15)7-14-5-3-4-12-10(14)18/h3-5H,6-7H2,1-2H3,(H,13,15)(H,16,17).